The molecule has 5 nitrogen and oxygen atoms in total. The second kappa shape index (κ2) is 5.77. The lowest BCUT2D eigenvalue weighted by Gasteiger charge is -2.05. The van der Waals surface area contributed by atoms with Crippen LogP contribution in [0.2, 0.25) is 0 Å². The molecule has 6 heteroatoms. The number of aromatic nitrogens is 2. The summed E-state index contributed by atoms with van der Waals surface area (Å²) in [6, 6.07) is 12.4. The van der Waals surface area contributed by atoms with E-state index >= 15 is 0 Å². The zero-order chi connectivity index (χ0) is 15.5. The molecule has 22 heavy (non-hydrogen) atoms. The van der Waals surface area contributed by atoms with Crippen LogP contribution >= 0.6 is 0 Å². The molecule has 110 valence electrons. The number of aryl methyl sites for hydroxylation is 1. The predicted molar refractivity (Wildman–Crippen MR) is 78.8 cm³/mol. The van der Waals surface area contributed by atoms with Gasteiger partial charge in [-0.3, -0.25) is 4.79 Å². The van der Waals surface area contributed by atoms with E-state index in [1.54, 1.807) is 31.2 Å². The first kappa shape index (κ1) is 13.9. The number of carbonyl (C=O) groups excluding carboxylic acids is 1. The molecular weight excluding hydrogens is 285 g/mol. The van der Waals surface area contributed by atoms with Gasteiger partial charge in [-0.2, -0.15) is 4.98 Å². The van der Waals surface area contributed by atoms with Gasteiger partial charge in [-0.1, -0.05) is 5.16 Å². The Labute approximate surface area is 125 Å². The fourth-order valence-corrected chi connectivity index (χ4v) is 1.91. The summed E-state index contributed by atoms with van der Waals surface area (Å²) in [5, 5.41) is 6.46. The van der Waals surface area contributed by atoms with Crippen molar-refractivity contribution in [2.75, 3.05) is 5.32 Å². The number of amides is 1. The van der Waals surface area contributed by atoms with Gasteiger partial charge in [-0.15, -0.1) is 0 Å². The van der Waals surface area contributed by atoms with Gasteiger partial charge in [0.1, 0.15) is 5.82 Å². The zero-order valence-corrected chi connectivity index (χ0v) is 11.7. The smallest absolute Gasteiger partial charge is 0.257 e. The summed E-state index contributed by atoms with van der Waals surface area (Å²) in [5.41, 5.74) is 1.77. The van der Waals surface area contributed by atoms with E-state index in [0.717, 1.165) is 5.56 Å². The molecular formula is C16H12FN3O2. The molecule has 0 unspecified atom stereocenters. The second-order valence-electron chi connectivity index (χ2n) is 4.69. The van der Waals surface area contributed by atoms with E-state index in [-0.39, 0.29) is 11.7 Å². The fraction of sp³-hybridized carbons (Fsp3) is 0.0625. The Bertz CT molecular complexity index is 795. The largest absolute Gasteiger partial charge is 0.334 e. The number of carbonyl (C=O) groups is 1. The summed E-state index contributed by atoms with van der Waals surface area (Å²) in [7, 11) is 0. The van der Waals surface area contributed by atoms with Crippen LogP contribution in [0.3, 0.4) is 0 Å². The van der Waals surface area contributed by atoms with Crippen LogP contribution in [0.5, 0.6) is 0 Å². The summed E-state index contributed by atoms with van der Waals surface area (Å²) in [6.07, 6.45) is 0. The number of benzene rings is 2. The Morgan fingerprint density at radius 2 is 1.77 bits per heavy atom. The summed E-state index contributed by atoms with van der Waals surface area (Å²) in [4.78, 5) is 16.1. The lowest BCUT2D eigenvalue weighted by Crippen LogP contribution is -2.11. The van der Waals surface area contributed by atoms with Gasteiger partial charge in [0, 0.05) is 16.8 Å². The third-order valence-corrected chi connectivity index (χ3v) is 3.02. The number of nitrogens with one attached hydrogen (secondary N) is 1. The molecule has 1 amide bonds. The Morgan fingerprint density at radius 3 is 2.36 bits per heavy atom. The quantitative estimate of drug-likeness (QED) is 0.804. The van der Waals surface area contributed by atoms with Crippen LogP contribution < -0.4 is 5.32 Å². The van der Waals surface area contributed by atoms with Crippen molar-refractivity contribution < 1.29 is 13.7 Å². The fourth-order valence-electron chi connectivity index (χ4n) is 1.91. The highest BCUT2D eigenvalue weighted by molar-refractivity contribution is 6.04. The van der Waals surface area contributed by atoms with E-state index in [0.29, 0.717) is 23.0 Å². The molecule has 1 aromatic heterocycles. The Hall–Kier alpha value is -3.02. The summed E-state index contributed by atoms with van der Waals surface area (Å²) in [6.45, 7) is 1.74. The van der Waals surface area contributed by atoms with E-state index in [2.05, 4.69) is 15.5 Å². The number of hydrogen-bond acceptors (Lipinski definition) is 4. The van der Waals surface area contributed by atoms with Crippen molar-refractivity contribution in [1.29, 1.82) is 0 Å². The monoisotopic (exact) mass is 297 g/mol. The molecule has 0 spiro atoms. The van der Waals surface area contributed by atoms with Gasteiger partial charge in [0.2, 0.25) is 0 Å². The third-order valence-electron chi connectivity index (χ3n) is 3.02. The maximum Gasteiger partial charge on any atom is 0.257 e. The first-order valence-electron chi connectivity index (χ1n) is 6.59. The van der Waals surface area contributed by atoms with Gasteiger partial charge in [-0.05, 0) is 55.5 Å². The average Bonchev–Trinajstić information content (AvgIpc) is 2.95. The lowest BCUT2D eigenvalue weighted by atomic mass is 10.2. The van der Waals surface area contributed by atoms with Gasteiger partial charge in [-0.25, -0.2) is 4.39 Å². The summed E-state index contributed by atoms with van der Waals surface area (Å²) >= 11 is 0. The minimum atomic E-state index is -0.379. The van der Waals surface area contributed by atoms with E-state index in [1.807, 2.05) is 0 Å². The molecule has 2 aromatic carbocycles. The van der Waals surface area contributed by atoms with Gasteiger partial charge in [0.15, 0.2) is 5.82 Å². The zero-order valence-electron chi connectivity index (χ0n) is 11.7. The minimum absolute atomic E-state index is 0.304. The molecule has 0 aliphatic heterocycles. The van der Waals surface area contributed by atoms with Crippen molar-refractivity contribution in [3.8, 4) is 11.5 Å². The van der Waals surface area contributed by atoms with E-state index < -0.39 is 0 Å². The maximum atomic E-state index is 12.8. The first-order chi connectivity index (χ1) is 10.6. The highest BCUT2D eigenvalue weighted by Crippen LogP contribution is 2.20. The number of halogens is 1. The third kappa shape index (κ3) is 3.01. The first-order valence-corrected chi connectivity index (χ1v) is 6.59. The van der Waals surface area contributed by atoms with Crippen LogP contribution in [0.4, 0.5) is 10.1 Å². The standard InChI is InChI=1S/C16H12FN3O2/c1-10-18-16(22-20-10)12-4-8-14(9-5-12)19-15(21)11-2-6-13(17)7-3-11/h2-9H,1H3,(H,19,21). The molecule has 0 aliphatic rings. The van der Waals surface area contributed by atoms with Gasteiger partial charge in [0.25, 0.3) is 11.8 Å². The SMILES string of the molecule is Cc1noc(-c2ccc(NC(=O)c3ccc(F)cc3)cc2)n1. The average molecular weight is 297 g/mol. The Kier molecular flexibility index (Phi) is 3.65. The van der Waals surface area contributed by atoms with Crippen molar-refractivity contribution in [2.24, 2.45) is 0 Å². The predicted octanol–water partition coefficient (Wildman–Crippen LogP) is 3.44. The van der Waals surface area contributed by atoms with Crippen LogP contribution in [-0.2, 0) is 0 Å². The number of nitrogens with zero attached hydrogens (tertiary/aromatic N) is 2. The lowest BCUT2D eigenvalue weighted by molar-refractivity contribution is 0.102. The molecule has 0 aliphatic carbocycles. The Balaban J connectivity index is 1.73. The van der Waals surface area contributed by atoms with Crippen LogP contribution in [0.25, 0.3) is 11.5 Å². The molecule has 0 saturated carbocycles. The van der Waals surface area contributed by atoms with E-state index in [4.69, 9.17) is 4.52 Å². The van der Waals surface area contributed by atoms with Crippen molar-refractivity contribution in [1.82, 2.24) is 10.1 Å². The van der Waals surface area contributed by atoms with Crippen molar-refractivity contribution in [3.63, 3.8) is 0 Å². The molecule has 3 aromatic rings. The second-order valence-corrected chi connectivity index (χ2v) is 4.69. The molecule has 0 radical (unpaired) electrons. The molecule has 3 rings (SSSR count). The van der Waals surface area contributed by atoms with Gasteiger partial charge in [0.05, 0.1) is 0 Å². The molecule has 0 fully saturated rings. The van der Waals surface area contributed by atoms with Crippen molar-refractivity contribution in [2.45, 2.75) is 6.92 Å². The number of anilines is 1. The van der Waals surface area contributed by atoms with Gasteiger partial charge >= 0.3 is 0 Å². The molecule has 0 atom stereocenters. The molecule has 1 N–H and O–H groups in total. The summed E-state index contributed by atoms with van der Waals surface area (Å²) in [5.74, 6) is 0.301. The van der Waals surface area contributed by atoms with Crippen molar-refractivity contribution in [3.05, 3.63) is 65.7 Å². The maximum absolute atomic E-state index is 12.8. The topological polar surface area (TPSA) is 68.0 Å². The molecule has 0 bridgehead atoms. The van der Waals surface area contributed by atoms with Crippen molar-refractivity contribution >= 4 is 11.6 Å². The van der Waals surface area contributed by atoms with E-state index in [1.165, 1.54) is 24.3 Å². The van der Waals surface area contributed by atoms with Crippen LogP contribution in [-0.4, -0.2) is 16.0 Å². The molecule has 0 saturated heterocycles. The number of hydrogen-bond donors (Lipinski definition) is 1. The van der Waals surface area contributed by atoms with Crippen LogP contribution in [0, 0.1) is 12.7 Å². The van der Waals surface area contributed by atoms with Crippen LogP contribution in [0.1, 0.15) is 16.2 Å². The summed E-state index contributed by atoms with van der Waals surface area (Å²) < 4.78 is 17.9. The van der Waals surface area contributed by atoms with Crippen LogP contribution in [0.15, 0.2) is 53.1 Å². The van der Waals surface area contributed by atoms with Gasteiger partial charge < -0.3 is 9.84 Å². The number of rotatable bonds is 3. The molecule has 1 heterocycles. The normalized spacial score (nSPS) is 10.5. The minimum Gasteiger partial charge on any atom is -0.334 e. The van der Waals surface area contributed by atoms with E-state index in [9.17, 15) is 9.18 Å². The highest BCUT2D eigenvalue weighted by atomic mass is 19.1. The highest BCUT2D eigenvalue weighted by Gasteiger charge is 2.08. The Morgan fingerprint density at radius 1 is 1.09 bits per heavy atom.